The zero-order valence-corrected chi connectivity index (χ0v) is 11.8. The number of carbonyl (C=O) groups is 2. The molecule has 0 aromatic heterocycles. The lowest BCUT2D eigenvalue weighted by Crippen LogP contribution is -2.12. The van der Waals surface area contributed by atoms with Gasteiger partial charge in [0.1, 0.15) is 11.3 Å². The Bertz CT molecular complexity index is 707. The average molecular weight is 306 g/mol. The number of aromatic carboxylic acids is 1. The van der Waals surface area contributed by atoms with Crippen LogP contribution in [0, 0.1) is 6.92 Å². The number of anilines is 1. The molecule has 0 aliphatic rings. The predicted molar refractivity (Wildman–Crippen MR) is 79.2 cm³/mol. The molecule has 0 unspecified atom stereocenters. The van der Waals surface area contributed by atoms with Crippen LogP contribution in [0.5, 0.6) is 5.75 Å². The second-order valence-corrected chi connectivity index (χ2v) is 4.94. The Labute approximate surface area is 125 Å². The van der Waals surface area contributed by atoms with E-state index in [1.54, 1.807) is 12.1 Å². The molecule has 0 bridgehead atoms. The minimum Gasteiger partial charge on any atom is -0.507 e. The van der Waals surface area contributed by atoms with E-state index in [-0.39, 0.29) is 17.0 Å². The van der Waals surface area contributed by atoms with Gasteiger partial charge < -0.3 is 15.5 Å². The maximum atomic E-state index is 12.1. The molecule has 6 heteroatoms. The van der Waals surface area contributed by atoms with E-state index in [4.69, 9.17) is 16.7 Å². The zero-order valence-electron chi connectivity index (χ0n) is 11.1. The summed E-state index contributed by atoms with van der Waals surface area (Å²) in [6.07, 6.45) is 0. The van der Waals surface area contributed by atoms with Crippen molar-refractivity contribution in [3.8, 4) is 5.75 Å². The van der Waals surface area contributed by atoms with Gasteiger partial charge in [0, 0.05) is 16.3 Å². The van der Waals surface area contributed by atoms with Crippen LogP contribution < -0.4 is 5.32 Å². The molecule has 0 saturated carbocycles. The number of carboxylic acids is 1. The number of benzene rings is 2. The topological polar surface area (TPSA) is 86.6 Å². The molecule has 0 aliphatic carbocycles. The van der Waals surface area contributed by atoms with Crippen LogP contribution in [-0.4, -0.2) is 22.1 Å². The van der Waals surface area contributed by atoms with E-state index in [1.165, 1.54) is 24.3 Å². The minimum atomic E-state index is -1.28. The Hall–Kier alpha value is -2.53. The molecule has 1 amide bonds. The number of carbonyl (C=O) groups excluding carboxylic acids is 1. The van der Waals surface area contributed by atoms with Crippen molar-refractivity contribution in [3.63, 3.8) is 0 Å². The standard InChI is InChI=1S/C15H12ClNO4/c1-8-4-9(6-10(16)5-8)14(19)17-11-2-3-13(18)12(7-11)15(20)21/h2-7,18H,1H3,(H,17,19)(H,20,21). The highest BCUT2D eigenvalue weighted by atomic mass is 35.5. The van der Waals surface area contributed by atoms with E-state index < -0.39 is 11.9 Å². The summed E-state index contributed by atoms with van der Waals surface area (Å²) in [6, 6.07) is 8.72. The molecule has 2 aromatic carbocycles. The molecule has 21 heavy (non-hydrogen) atoms. The highest BCUT2D eigenvalue weighted by molar-refractivity contribution is 6.31. The smallest absolute Gasteiger partial charge is 0.339 e. The molecule has 0 aliphatic heterocycles. The summed E-state index contributed by atoms with van der Waals surface area (Å²) in [5, 5.41) is 21.3. The molecule has 0 heterocycles. The zero-order chi connectivity index (χ0) is 15.6. The summed E-state index contributed by atoms with van der Waals surface area (Å²) in [5.74, 6) is -2.05. The summed E-state index contributed by atoms with van der Waals surface area (Å²) < 4.78 is 0. The lowest BCUT2D eigenvalue weighted by Gasteiger charge is -2.08. The van der Waals surface area contributed by atoms with Gasteiger partial charge in [0.05, 0.1) is 0 Å². The Morgan fingerprint density at radius 1 is 1.14 bits per heavy atom. The molecule has 0 saturated heterocycles. The molecule has 5 nitrogen and oxygen atoms in total. The van der Waals surface area contributed by atoms with Crippen molar-refractivity contribution in [3.05, 3.63) is 58.1 Å². The van der Waals surface area contributed by atoms with Crippen molar-refractivity contribution in [2.24, 2.45) is 0 Å². The number of carboxylic acid groups (broad SMARTS) is 1. The third-order valence-corrected chi connectivity index (χ3v) is 3.01. The first-order valence-electron chi connectivity index (χ1n) is 6.01. The average Bonchev–Trinajstić information content (AvgIpc) is 2.39. The lowest BCUT2D eigenvalue weighted by molar-refractivity contribution is 0.0693. The lowest BCUT2D eigenvalue weighted by atomic mass is 10.1. The van der Waals surface area contributed by atoms with Crippen molar-refractivity contribution in [1.29, 1.82) is 0 Å². The van der Waals surface area contributed by atoms with Crippen LogP contribution in [0.3, 0.4) is 0 Å². The summed E-state index contributed by atoms with van der Waals surface area (Å²) in [5.41, 5.74) is 1.19. The van der Waals surface area contributed by atoms with E-state index in [2.05, 4.69) is 5.32 Å². The highest BCUT2D eigenvalue weighted by Gasteiger charge is 2.13. The van der Waals surface area contributed by atoms with Crippen molar-refractivity contribution in [2.75, 3.05) is 5.32 Å². The number of phenols is 1. The number of aryl methyl sites for hydroxylation is 1. The third kappa shape index (κ3) is 3.52. The first-order chi connectivity index (χ1) is 9.86. The quantitative estimate of drug-likeness (QED) is 0.759. The van der Waals surface area contributed by atoms with Crippen LogP contribution in [-0.2, 0) is 0 Å². The molecule has 0 spiro atoms. The Morgan fingerprint density at radius 2 is 1.86 bits per heavy atom. The fourth-order valence-corrected chi connectivity index (χ4v) is 2.15. The normalized spacial score (nSPS) is 10.2. The van der Waals surface area contributed by atoms with Crippen LogP contribution in [0.2, 0.25) is 5.02 Å². The molecule has 108 valence electrons. The van der Waals surface area contributed by atoms with Gasteiger partial charge in [-0.05, 0) is 48.9 Å². The van der Waals surface area contributed by atoms with Gasteiger partial charge in [-0.15, -0.1) is 0 Å². The van der Waals surface area contributed by atoms with Crippen molar-refractivity contribution in [2.45, 2.75) is 6.92 Å². The van der Waals surface area contributed by atoms with Crippen molar-refractivity contribution < 1.29 is 19.8 Å². The number of hydrogen-bond donors (Lipinski definition) is 3. The SMILES string of the molecule is Cc1cc(Cl)cc(C(=O)Nc2ccc(O)c(C(=O)O)c2)c1. The fourth-order valence-electron chi connectivity index (χ4n) is 1.86. The van der Waals surface area contributed by atoms with E-state index in [1.807, 2.05) is 6.92 Å². The van der Waals surface area contributed by atoms with Crippen molar-refractivity contribution >= 4 is 29.2 Å². The van der Waals surface area contributed by atoms with Gasteiger partial charge >= 0.3 is 5.97 Å². The van der Waals surface area contributed by atoms with E-state index in [0.29, 0.717) is 10.6 Å². The first-order valence-corrected chi connectivity index (χ1v) is 6.39. The number of rotatable bonds is 3. The monoisotopic (exact) mass is 305 g/mol. The molecule has 0 atom stereocenters. The molecule has 0 radical (unpaired) electrons. The van der Waals surface area contributed by atoms with Gasteiger partial charge in [0.15, 0.2) is 0 Å². The molecular formula is C15H12ClNO4. The van der Waals surface area contributed by atoms with Crippen LogP contribution in [0.15, 0.2) is 36.4 Å². The molecule has 3 N–H and O–H groups in total. The largest absolute Gasteiger partial charge is 0.507 e. The molecule has 0 fully saturated rings. The van der Waals surface area contributed by atoms with Crippen LogP contribution in [0.25, 0.3) is 0 Å². The molecule has 2 rings (SSSR count). The van der Waals surface area contributed by atoms with Gasteiger partial charge in [0.2, 0.25) is 0 Å². The van der Waals surface area contributed by atoms with Crippen LogP contribution in [0.1, 0.15) is 26.3 Å². The number of nitrogens with one attached hydrogen (secondary N) is 1. The molecule has 2 aromatic rings. The third-order valence-electron chi connectivity index (χ3n) is 2.79. The summed E-state index contributed by atoms with van der Waals surface area (Å²) in [4.78, 5) is 23.0. The summed E-state index contributed by atoms with van der Waals surface area (Å²) in [6.45, 7) is 1.81. The number of aromatic hydroxyl groups is 1. The Kier molecular flexibility index (Phi) is 4.14. The van der Waals surface area contributed by atoms with Crippen molar-refractivity contribution in [1.82, 2.24) is 0 Å². The summed E-state index contributed by atoms with van der Waals surface area (Å²) in [7, 11) is 0. The van der Waals surface area contributed by atoms with E-state index in [0.717, 1.165) is 5.56 Å². The number of hydrogen-bond acceptors (Lipinski definition) is 3. The van der Waals surface area contributed by atoms with Gasteiger partial charge in [-0.25, -0.2) is 4.79 Å². The van der Waals surface area contributed by atoms with Gasteiger partial charge in [-0.2, -0.15) is 0 Å². The Morgan fingerprint density at radius 3 is 2.48 bits per heavy atom. The second kappa shape index (κ2) is 5.85. The van der Waals surface area contributed by atoms with Gasteiger partial charge in [-0.1, -0.05) is 11.6 Å². The maximum absolute atomic E-state index is 12.1. The minimum absolute atomic E-state index is 0.271. The fraction of sp³-hybridized carbons (Fsp3) is 0.0667. The molecular weight excluding hydrogens is 294 g/mol. The second-order valence-electron chi connectivity index (χ2n) is 4.51. The van der Waals surface area contributed by atoms with E-state index in [9.17, 15) is 14.7 Å². The first kappa shape index (κ1) is 14.9. The summed E-state index contributed by atoms with van der Waals surface area (Å²) >= 11 is 5.89. The van der Waals surface area contributed by atoms with Crippen LogP contribution >= 0.6 is 11.6 Å². The predicted octanol–water partition coefficient (Wildman–Crippen LogP) is 3.30. The van der Waals surface area contributed by atoms with E-state index >= 15 is 0 Å². The highest BCUT2D eigenvalue weighted by Crippen LogP contribution is 2.22. The van der Waals surface area contributed by atoms with Crippen LogP contribution in [0.4, 0.5) is 5.69 Å². The number of halogens is 1. The van der Waals surface area contributed by atoms with Gasteiger partial charge in [0.25, 0.3) is 5.91 Å². The number of amides is 1. The maximum Gasteiger partial charge on any atom is 0.339 e. The van der Waals surface area contributed by atoms with Gasteiger partial charge in [-0.3, -0.25) is 4.79 Å². The Balaban J connectivity index is 2.27.